The molecule has 0 radical (unpaired) electrons. The molecule has 11 heteroatoms. The van der Waals surface area contributed by atoms with E-state index in [4.69, 9.17) is 31.4 Å². The summed E-state index contributed by atoms with van der Waals surface area (Å²) in [5.74, 6) is -4.06. The minimum absolute atomic E-state index is 0.0286. The molecule has 0 aliphatic heterocycles. The Labute approximate surface area is 144 Å². The first-order valence-electron chi connectivity index (χ1n) is 6.87. The van der Waals surface area contributed by atoms with Crippen LogP contribution < -0.4 is 10.6 Å². The Morgan fingerprint density at radius 3 is 2.16 bits per heavy atom. The molecule has 2 rings (SSSR count). The van der Waals surface area contributed by atoms with E-state index in [1.54, 1.807) is 0 Å². The number of anilines is 1. The maximum Gasteiger partial charge on any atom is 0.416 e. The van der Waals surface area contributed by atoms with Gasteiger partial charge in [-0.05, 0) is 31.0 Å². The van der Waals surface area contributed by atoms with Gasteiger partial charge in [0.15, 0.2) is 0 Å². The first-order chi connectivity index (χ1) is 11.5. The summed E-state index contributed by atoms with van der Waals surface area (Å²) in [6.45, 7) is 0.0667. The summed E-state index contributed by atoms with van der Waals surface area (Å²) in [5.41, 5.74) is -0.874. The summed E-state index contributed by atoms with van der Waals surface area (Å²) in [7, 11) is 0. The van der Waals surface area contributed by atoms with Crippen molar-refractivity contribution in [1.82, 2.24) is 5.32 Å². The van der Waals surface area contributed by atoms with Gasteiger partial charge in [-0.3, -0.25) is 4.79 Å². The number of benzene rings is 1. The smallest absolute Gasteiger partial charge is 0.416 e. The molecular weight excluding hydrogens is 369 g/mol. The number of carboxylic acids is 2. The minimum Gasteiger partial charge on any atom is -0.473 e. The first kappa shape index (κ1) is 20.7. The van der Waals surface area contributed by atoms with Gasteiger partial charge in [0.05, 0.1) is 22.8 Å². The zero-order chi connectivity index (χ0) is 19.2. The van der Waals surface area contributed by atoms with Gasteiger partial charge in [0.25, 0.3) is 0 Å². The number of aliphatic carboxylic acids is 2. The molecule has 0 aromatic heterocycles. The Bertz CT molecular complexity index is 650. The lowest BCUT2D eigenvalue weighted by Crippen LogP contribution is -2.29. The van der Waals surface area contributed by atoms with Crippen molar-refractivity contribution in [3.8, 4) is 0 Å². The number of alkyl halides is 3. The lowest BCUT2D eigenvalue weighted by atomic mass is 10.2. The number of halogens is 4. The van der Waals surface area contributed by atoms with Crippen LogP contribution in [0.15, 0.2) is 18.2 Å². The highest BCUT2D eigenvalue weighted by molar-refractivity contribution is 6.33. The van der Waals surface area contributed by atoms with Gasteiger partial charge in [0, 0.05) is 6.04 Å². The van der Waals surface area contributed by atoms with Crippen molar-refractivity contribution in [3.63, 3.8) is 0 Å². The van der Waals surface area contributed by atoms with E-state index in [9.17, 15) is 18.0 Å². The molecule has 1 fully saturated rings. The minimum atomic E-state index is -4.46. The van der Waals surface area contributed by atoms with E-state index in [2.05, 4.69) is 10.6 Å². The van der Waals surface area contributed by atoms with Gasteiger partial charge < -0.3 is 20.8 Å². The molecule has 1 aromatic rings. The lowest BCUT2D eigenvalue weighted by Gasteiger charge is -2.11. The van der Waals surface area contributed by atoms with Crippen molar-refractivity contribution >= 4 is 35.1 Å². The highest BCUT2D eigenvalue weighted by atomic mass is 35.5. The number of hydrogen-bond acceptors (Lipinski definition) is 4. The van der Waals surface area contributed by atoms with Crippen LogP contribution >= 0.6 is 11.6 Å². The topological polar surface area (TPSA) is 116 Å². The Kier molecular flexibility index (Phi) is 7.19. The Morgan fingerprint density at radius 1 is 1.16 bits per heavy atom. The molecule has 0 unspecified atom stereocenters. The maximum atomic E-state index is 12.5. The summed E-state index contributed by atoms with van der Waals surface area (Å²) < 4.78 is 37.6. The van der Waals surface area contributed by atoms with Gasteiger partial charge in [0.1, 0.15) is 0 Å². The van der Waals surface area contributed by atoms with Crippen LogP contribution in [0.4, 0.5) is 18.9 Å². The molecule has 0 heterocycles. The summed E-state index contributed by atoms with van der Waals surface area (Å²) >= 11 is 5.76. The summed E-state index contributed by atoms with van der Waals surface area (Å²) in [5, 5.41) is 20.2. The van der Waals surface area contributed by atoms with E-state index in [-0.39, 0.29) is 17.3 Å². The van der Waals surface area contributed by atoms with Crippen LogP contribution in [-0.2, 0) is 20.6 Å². The van der Waals surface area contributed by atoms with E-state index >= 15 is 0 Å². The Hall–Kier alpha value is -2.33. The number of carbonyl (C=O) groups is 3. The van der Waals surface area contributed by atoms with Gasteiger partial charge in [-0.15, -0.1) is 0 Å². The molecule has 0 spiro atoms. The second-order valence-electron chi connectivity index (χ2n) is 5.01. The average molecular weight is 383 g/mol. The van der Waals surface area contributed by atoms with Crippen LogP contribution in [-0.4, -0.2) is 40.6 Å². The second kappa shape index (κ2) is 8.67. The van der Waals surface area contributed by atoms with Gasteiger partial charge in [-0.1, -0.05) is 11.6 Å². The largest absolute Gasteiger partial charge is 0.473 e. The lowest BCUT2D eigenvalue weighted by molar-refractivity contribution is -0.159. The number of amides is 1. The zero-order valence-electron chi connectivity index (χ0n) is 12.6. The fourth-order valence-electron chi connectivity index (χ4n) is 1.52. The predicted molar refractivity (Wildman–Crippen MR) is 81.4 cm³/mol. The van der Waals surface area contributed by atoms with Crippen LogP contribution in [0.5, 0.6) is 0 Å². The van der Waals surface area contributed by atoms with Crippen LogP contribution in [0.1, 0.15) is 18.4 Å². The molecule has 0 bridgehead atoms. The van der Waals surface area contributed by atoms with Crippen molar-refractivity contribution in [2.75, 3.05) is 11.9 Å². The number of rotatable bonds is 4. The van der Waals surface area contributed by atoms with Gasteiger partial charge in [-0.25, -0.2) is 9.59 Å². The molecule has 1 aliphatic carbocycles. The third-order valence-corrected chi connectivity index (χ3v) is 3.21. The normalized spacial score (nSPS) is 13.4. The van der Waals surface area contributed by atoms with Crippen molar-refractivity contribution < 1.29 is 37.8 Å². The van der Waals surface area contributed by atoms with Gasteiger partial charge in [-0.2, -0.15) is 13.2 Å². The quantitative estimate of drug-likeness (QED) is 0.593. The Balaban J connectivity index is 0.000000450. The number of carboxylic acid groups (broad SMARTS) is 2. The van der Waals surface area contributed by atoms with Crippen LogP contribution in [0.25, 0.3) is 0 Å². The standard InChI is InChI=1S/C12H12ClF3N2O.C2H2O4/c13-9-4-1-7(12(14,15)16)5-10(9)18-11(19)6-17-8-2-3-8;3-1(4)2(5)6/h1,4-5,8,17H,2-3,6H2,(H,18,19);(H,3,4)(H,5,6). The van der Waals surface area contributed by atoms with Crippen molar-refractivity contribution in [1.29, 1.82) is 0 Å². The van der Waals surface area contributed by atoms with E-state index < -0.39 is 29.6 Å². The molecule has 1 aromatic carbocycles. The number of hydrogen-bond donors (Lipinski definition) is 4. The van der Waals surface area contributed by atoms with E-state index in [1.807, 2.05) is 0 Å². The fraction of sp³-hybridized carbons (Fsp3) is 0.357. The van der Waals surface area contributed by atoms with Crippen LogP contribution in [0.2, 0.25) is 5.02 Å². The molecule has 1 aliphatic rings. The third-order valence-electron chi connectivity index (χ3n) is 2.88. The van der Waals surface area contributed by atoms with Gasteiger partial charge >= 0.3 is 18.1 Å². The molecule has 0 atom stereocenters. The maximum absolute atomic E-state index is 12.5. The second-order valence-corrected chi connectivity index (χ2v) is 5.41. The van der Waals surface area contributed by atoms with Crippen LogP contribution in [0, 0.1) is 0 Å². The molecule has 25 heavy (non-hydrogen) atoms. The zero-order valence-corrected chi connectivity index (χ0v) is 13.3. The molecular formula is C14H14ClF3N2O5. The molecule has 7 nitrogen and oxygen atoms in total. The summed E-state index contributed by atoms with van der Waals surface area (Å²) in [6, 6.07) is 3.18. The van der Waals surface area contributed by atoms with Crippen molar-refractivity contribution in [2.45, 2.75) is 25.1 Å². The average Bonchev–Trinajstić information content (AvgIpc) is 3.31. The molecule has 138 valence electrons. The molecule has 1 amide bonds. The van der Waals surface area contributed by atoms with Crippen LogP contribution in [0.3, 0.4) is 0 Å². The summed E-state index contributed by atoms with van der Waals surface area (Å²) in [6.07, 6.45) is -2.41. The number of nitrogens with one attached hydrogen (secondary N) is 2. The molecule has 4 N–H and O–H groups in total. The number of carbonyl (C=O) groups excluding carboxylic acids is 1. The molecule has 1 saturated carbocycles. The summed E-state index contributed by atoms with van der Waals surface area (Å²) in [4.78, 5) is 29.7. The highest BCUT2D eigenvalue weighted by Crippen LogP contribution is 2.33. The van der Waals surface area contributed by atoms with E-state index in [1.165, 1.54) is 0 Å². The molecule has 0 saturated heterocycles. The van der Waals surface area contributed by atoms with Crippen molar-refractivity contribution in [2.24, 2.45) is 0 Å². The predicted octanol–water partition coefficient (Wildman–Crippen LogP) is 2.20. The Morgan fingerprint density at radius 2 is 1.72 bits per heavy atom. The monoisotopic (exact) mass is 382 g/mol. The fourth-order valence-corrected chi connectivity index (χ4v) is 1.68. The van der Waals surface area contributed by atoms with E-state index in [0.717, 1.165) is 31.0 Å². The third kappa shape index (κ3) is 7.86. The van der Waals surface area contributed by atoms with E-state index in [0.29, 0.717) is 6.04 Å². The SMILES string of the molecule is O=C(CNC1CC1)Nc1cc(C(F)(F)F)ccc1Cl.O=C(O)C(=O)O. The van der Waals surface area contributed by atoms with Gasteiger partial charge in [0.2, 0.25) is 5.91 Å². The first-order valence-corrected chi connectivity index (χ1v) is 7.24. The highest BCUT2D eigenvalue weighted by Gasteiger charge is 2.31. The van der Waals surface area contributed by atoms with Crippen molar-refractivity contribution in [3.05, 3.63) is 28.8 Å².